The smallest absolute Gasteiger partial charge is 0.0552 e. The zero-order chi connectivity index (χ0) is 7.82. The van der Waals surface area contributed by atoms with Crippen LogP contribution in [0.5, 0.6) is 0 Å². The molecule has 56 valence electrons. The molecule has 0 spiro atoms. The number of hydrogen-bond acceptors (Lipinski definition) is 1. The van der Waals surface area contributed by atoms with E-state index in [1.54, 1.807) is 6.08 Å². The van der Waals surface area contributed by atoms with Gasteiger partial charge in [-0.25, -0.2) is 0 Å². The van der Waals surface area contributed by atoms with E-state index in [1.807, 2.05) is 0 Å². The van der Waals surface area contributed by atoms with Gasteiger partial charge >= 0.3 is 0 Å². The fraction of sp³-hybridized carbons (Fsp3) is 0.714. The molecule has 0 rings (SSSR count). The minimum Gasteiger partial charge on any atom is -0.103 e. The molecular formula is C7H13N3. The average Bonchev–Trinajstić information content (AvgIpc) is 1.98. The Kier molecular flexibility index (Phi) is 5.59. The van der Waals surface area contributed by atoms with Gasteiger partial charge < -0.3 is 0 Å². The van der Waals surface area contributed by atoms with Gasteiger partial charge in [0.15, 0.2) is 0 Å². The lowest BCUT2D eigenvalue weighted by Crippen LogP contribution is -1.96. The van der Waals surface area contributed by atoms with Gasteiger partial charge in [0.2, 0.25) is 0 Å². The van der Waals surface area contributed by atoms with Crippen LogP contribution in [0.4, 0.5) is 0 Å². The topological polar surface area (TPSA) is 48.8 Å². The van der Waals surface area contributed by atoms with E-state index in [0.29, 0.717) is 0 Å². The first-order valence-corrected chi connectivity index (χ1v) is 3.52. The summed E-state index contributed by atoms with van der Waals surface area (Å²) in [5.41, 5.74) is 8.08. The number of nitrogens with zero attached hydrogens (tertiary/aromatic N) is 3. The molecule has 0 aliphatic heterocycles. The fourth-order valence-corrected chi connectivity index (χ4v) is 0.702. The Balaban J connectivity index is 3.60. The van der Waals surface area contributed by atoms with Gasteiger partial charge in [0.25, 0.3) is 0 Å². The van der Waals surface area contributed by atoms with Gasteiger partial charge in [-0.15, -0.1) is 6.58 Å². The van der Waals surface area contributed by atoms with Crippen molar-refractivity contribution >= 4 is 0 Å². The first-order chi connectivity index (χ1) is 4.85. The van der Waals surface area contributed by atoms with E-state index in [0.717, 1.165) is 19.3 Å². The molecule has 3 heteroatoms. The molecule has 0 aromatic rings. The quantitative estimate of drug-likeness (QED) is 0.243. The van der Waals surface area contributed by atoms with Gasteiger partial charge in [-0.05, 0) is 12.0 Å². The third-order valence-electron chi connectivity index (χ3n) is 1.33. The van der Waals surface area contributed by atoms with Crippen LogP contribution in [0.15, 0.2) is 17.8 Å². The summed E-state index contributed by atoms with van der Waals surface area (Å²) in [6, 6.07) is -0.00931. The van der Waals surface area contributed by atoms with Crippen molar-refractivity contribution in [2.75, 3.05) is 0 Å². The Morgan fingerprint density at radius 2 is 2.50 bits per heavy atom. The molecule has 0 bridgehead atoms. The van der Waals surface area contributed by atoms with Crippen LogP contribution < -0.4 is 0 Å². The number of unbranched alkanes of at least 4 members (excludes halogenated alkanes) is 1. The van der Waals surface area contributed by atoms with Crippen molar-refractivity contribution in [3.63, 3.8) is 0 Å². The summed E-state index contributed by atoms with van der Waals surface area (Å²) < 4.78 is 0. The Morgan fingerprint density at radius 1 is 1.80 bits per heavy atom. The van der Waals surface area contributed by atoms with Gasteiger partial charge in [0.05, 0.1) is 6.04 Å². The molecule has 0 amide bonds. The zero-order valence-electron chi connectivity index (χ0n) is 6.32. The highest BCUT2D eigenvalue weighted by molar-refractivity contribution is 4.85. The summed E-state index contributed by atoms with van der Waals surface area (Å²) in [4.78, 5) is 2.71. The fourth-order valence-electron chi connectivity index (χ4n) is 0.702. The monoisotopic (exact) mass is 139 g/mol. The predicted molar refractivity (Wildman–Crippen MR) is 42.7 cm³/mol. The molecule has 1 unspecified atom stereocenters. The second kappa shape index (κ2) is 6.17. The molecule has 1 atom stereocenters. The van der Waals surface area contributed by atoms with Crippen molar-refractivity contribution in [2.24, 2.45) is 5.11 Å². The van der Waals surface area contributed by atoms with Gasteiger partial charge in [-0.2, -0.15) is 0 Å². The van der Waals surface area contributed by atoms with E-state index in [4.69, 9.17) is 5.53 Å². The van der Waals surface area contributed by atoms with Crippen molar-refractivity contribution < 1.29 is 0 Å². The van der Waals surface area contributed by atoms with E-state index >= 15 is 0 Å². The Bertz CT molecular complexity index is 136. The molecule has 0 aliphatic rings. The van der Waals surface area contributed by atoms with Crippen molar-refractivity contribution in [3.05, 3.63) is 23.1 Å². The van der Waals surface area contributed by atoms with Crippen molar-refractivity contribution in [2.45, 2.75) is 32.2 Å². The van der Waals surface area contributed by atoms with Crippen LogP contribution >= 0.6 is 0 Å². The summed E-state index contributed by atoms with van der Waals surface area (Å²) >= 11 is 0. The third kappa shape index (κ3) is 3.98. The van der Waals surface area contributed by atoms with E-state index in [1.165, 1.54) is 0 Å². The molecule has 0 saturated heterocycles. The molecule has 0 heterocycles. The normalized spacial score (nSPS) is 11.7. The van der Waals surface area contributed by atoms with Crippen LogP contribution in [-0.2, 0) is 0 Å². The largest absolute Gasteiger partial charge is 0.103 e. The lowest BCUT2D eigenvalue weighted by Gasteiger charge is -2.01. The summed E-state index contributed by atoms with van der Waals surface area (Å²) in [6.45, 7) is 5.68. The molecule has 0 fully saturated rings. The van der Waals surface area contributed by atoms with Gasteiger partial charge in [-0.1, -0.05) is 31.0 Å². The minimum absolute atomic E-state index is 0.00931. The highest BCUT2D eigenvalue weighted by Crippen LogP contribution is 2.04. The molecule has 0 saturated carbocycles. The summed E-state index contributed by atoms with van der Waals surface area (Å²) in [7, 11) is 0. The lowest BCUT2D eigenvalue weighted by molar-refractivity contribution is 0.653. The van der Waals surface area contributed by atoms with E-state index < -0.39 is 0 Å². The highest BCUT2D eigenvalue weighted by atomic mass is 15.1. The number of rotatable bonds is 5. The van der Waals surface area contributed by atoms with Crippen molar-refractivity contribution in [1.82, 2.24) is 0 Å². The Morgan fingerprint density at radius 3 is 2.90 bits per heavy atom. The Labute approximate surface area is 61.4 Å². The molecule has 10 heavy (non-hydrogen) atoms. The third-order valence-corrected chi connectivity index (χ3v) is 1.33. The van der Waals surface area contributed by atoms with E-state index in [9.17, 15) is 0 Å². The van der Waals surface area contributed by atoms with Crippen LogP contribution in [0, 0.1) is 0 Å². The summed E-state index contributed by atoms with van der Waals surface area (Å²) in [5.74, 6) is 0. The SMILES string of the molecule is C=CC(CCCC)N=[N+]=[N-]. The number of azide groups is 1. The molecule has 0 N–H and O–H groups in total. The first-order valence-electron chi connectivity index (χ1n) is 3.52. The minimum atomic E-state index is -0.00931. The maximum atomic E-state index is 8.08. The van der Waals surface area contributed by atoms with Crippen LogP contribution in [0.2, 0.25) is 0 Å². The second-order valence-electron chi connectivity index (χ2n) is 2.15. The highest BCUT2D eigenvalue weighted by Gasteiger charge is 1.97. The molecule has 0 aromatic carbocycles. The molecule has 0 aromatic heterocycles. The van der Waals surface area contributed by atoms with Crippen LogP contribution in [0.1, 0.15) is 26.2 Å². The van der Waals surface area contributed by atoms with Gasteiger partial charge in [-0.3, -0.25) is 0 Å². The van der Waals surface area contributed by atoms with Crippen LogP contribution in [0.25, 0.3) is 10.4 Å². The maximum Gasteiger partial charge on any atom is 0.0552 e. The van der Waals surface area contributed by atoms with Gasteiger partial charge in [0, 0.05) is 4.91 Å². The molecule has 0 aliphatic carbocycles. The summed E-state index contributed by atoms with van der Waals surface area (Å²) in [6.07, 6.45) is 4.83. The van der Waals surface area contributed by atoms with Crippen molar-refractivity contribution in [1.29, 1.82) is 0 Å². The first kappa shape index (κ1) is 9.05. The molecule has 0 radical (unpaired) electrons. The van der Waals surface area contributed by atoms with Crippen LogP contribution in [0.3, 0.4) is 0 Å². The van der Waals surface area contributed by atoms with E-state index in [-0.39, 0.29) is 6.04 Å². The standard InChI is InChI=1S/C7H13N3/c1-3-5-6-7(4-2)9-10-8/h4,7H,2-3,5-6H2,1H3. The average molecular weight is 139 g/mol. The molecule has 3 nitrogen and oxygen atoms in total. The Hall–Kier alpha value is -0.950. The second-order valence-corrected chi connectivity index (χ2v) is 2.15. The maximum absolute atomic E-state index is 8.08. The number of hydrogen-bond donors (Lipinski definition) is 0. The lowest BCUT2D eigenvalue weighted by atomic mass is 10.1. The zero-order valence-corrected chi connectivity index (χ0v) is 6.32. The van der Waals surface area contributed by atoms with E-state index in [2.05, 4.69) is 23.5 Å². The summed E-state index contributed by atoms with van der Waals surface area (Å²) in [5, 5.41) is 3.54. The van der Waals surface area contributed by atoms with Crippen molar-refractivity contribution in [3.8, 4) is 0 Å². The predicted octanol–water partition coefficient (Wildman–Crippen LogP) is 3.04. The molecular weight excluding hydrogens is 126 g/mol. The van der Waals surface area contributed by atoms with Crippen LogP contribution in [-0.4, -0.2) is 6.04 Å². The van der Waals surface area contributed by atoms with Gasteiger partial charge in [0.1, 0.15) is 0 Å².